The van der Waals surface area contributed by atoms with Crippen LogP contribution in [0.3, 0.4) is 0 Å². The SMILES string of the molecule is c1ccc(-c2nc(-c3ccc(-n4cccn4)nc3)n[nH]2)nc1. The quantitative estimate of drug-likeness (QED) is 0.624. The molecule has 0 saturated heterocycles. The summed E-state index contributed by atoms with van der Waals surface area (Å²) in [5.41, 5.74) is 1.58. The summed E-state index contributed by atoms with van der Waals surface area (Å²) < 4.78 is 1.70. The van der Waals surface area contributed by atoms with Gasteiger partial charge in [-0.25, -0.2) is 14.6 Å². The molecule has 4 aromatic heterocycles. The van der Waals surface area contributed by atoms with E-state index in [1.54, 1.807) is 23.3 Å². The van der Waals surface area contributed by atoms with Gasteiger partial charge in [-0.1, -0.05) is 6.07 Å². The van der Waals surface area contributed by atoms with Crippen molar-refractivity contribution in [2.75, 3.05) is 0 Å². The first-order chi connectivity index (χ1) is 10.9. The third-order valence-corrected chi connectivity index (χ3v) is 3.14. The number of aromatic amines is 1. The second-order valence-electron chi connectivity index (χ2n) is 4.58. The molecule has 0 atom stereocenters. The monoisotopic (exact) mass is 289 g/mol. The van der Waals surface area contributed by atoms with Gasteiger partial charge in [-0.3, -0.25) is 10.1 Å². The Morgan fingerprint density at radius 1 is 0.955 bits per heavy atom. The molecular formula is C15H11N7. The fourth-order valence-corrected chi connectivity index (χ4v) is 2.07. The van der Waals surface area contributed by atoms with E-state index in [4.69, 9.17) is 0 Å². The topological polar surface area (TPSA) is 85.2 Å². The lowest BCUT2D eigenvalue weighted by atomic mass is 10.2. The number of pyridine rings is 2. The molecule has 0 amide bonds. The highest BCUT2D eigenvalue weighted by Crippen LogP contribution is 2.18. The van der Waals surface area contributed by atoms with Crippen LogP contribution in [0.4, 0.5) is 0 Å². The Morgan fingerprint density at radius 2 is 1.95 bits per heavy atom. The van der Waals surface area contributed by atoms with Crippen molar-refractivity contribution in [2.45, 2.75) is 0 Å². The molecule has 106 valence electrons. The maximum absolute atomic E-state index is 4.45. The average molecular weight is 289 g/mol. The minimum Gasteiger partial charge on any atom is -0.257 e. The molecule has 0 saturated carbocycles. The third kappa shape index (κ3) is 2.24. The molecule has 0 unspecified atom stereocenters. The van der Waals surface area contributed by atoms with Gasteiger partial charge in [-0.05, 0) is 30.3 Å². The van der Waals surface area contributed by atoms with Gasteiger partial charge in [-0.15, -0.1) is 0 Å². The number of nitrogens with one attached hydrogen (secondary N) is 1. The zero-order valence-electron chi connectivity index (χ0n) is 11.5. The van der Waals surface area contributed by atoms with E-state index in [1.807, 2.05) is 42.6 Å². The van der Waals surface area contributed by atoms with E-state index in [0.717, 1.165) is 17.1 Å². The largest absolute Gasteiger partial charge is 0.257 e. The molecular weight excluding hydrogens is 278 g/mol. The highest BCUT2D eigenvalue weighted by Gasteiger charge is 2.09. The predicted octanol–water partition coefficient (Wildman–Crippen LogP) is 2.11. The van der Waals surface area contributed by atoms with Gasteiger partial charge in [0.05, 0.1) is 0 Å². The minimum atomic E-state index is 0.583. The fraction of sp³-hybridized carbons (Fsp3) is 0. The zero-order valence-corrected chi connectivity index (χ0v) is 11.5. The number of nitrogens with zero attached hydrogens (tertiary/aromatic N) is 6. The van der Waals surface area contributed by atoms with Crippen molar-refractivity contribution >= 4 is 0 Å². The highest BCUT2D eigenvalue weighted by atomic mass is 15.3. The number of rotatable bonds is 3. The number of aromatic nitrogens is 7. The molecule has 0 aliphatic carbocycles. The average Bonchev–Trinajstić information content (AvgIpc) is 3.28. The Morgan fingerprint density at radius 3 is 2.68 bits per heavy atom. The van der Waals surface area contributed by atoms with Crippen molar-refractivity contribution in [3.63, 3.8) is 0 Å². The fourth-order valence-electron chi connectivity index (χ4n) is 2.07. The van der Waals surface area contributed by atoms with Gasteiger partial charge in [0.1, 0.15) is 5.69 Å². The Balaban J connectivity index is 1.64. The lowest BCUT2D eigenvalue weighted by Crippen LogP contribution is -1.97. The van der Waals surface area contributed by atoms with Crippen LogP contribution in [0.15, 0.2) is 61.2 Å². The summed E-state index contributed by atoms with van der Waals surface area (Å²) in [7, 11) is 0. The summed E-state index contributed by atoms with van der Waals surface area (Å²) in [4.78, 5) is 13.1. The summed E-state index contributed by atoms with van der Waals surface area (Å²) in [6, 6.07) is 11.3. The molecule has 7 nitrogen and oxygen atoms in total. The van der Waals surface area contributed by atoms with Crippen molar-refractivity contribution in [3.8, 4) is 28.7 Å². The first kappa shape index (κ1) is 12.4. The Kier molecular flexibility index (Phi) is 2.93. The van der Waals surface area contributed by atoms with Crippen LogP contribution in [-0.4, -0.2) is 34.9 Å². The van der Waals surface area contributed by atoms with Crippen molar-refractivity contribution in [1.82, 2.24) is 34.9 Å². The van der Waals surface area contributed by atoms with E-state index >= 15 is 0 Å². The normalized spacial score (nSPS) is 10.7. The molecule has 4 heterocycles. The highest BCUT2D eigenvalue weighted by molar-refractivity contribution is 5.58. The van der Waals surface area contributed by atoms with Gasteiger partial charge < -0.3 is 0 Å². The minimum absolute atomic E-state index is 0.583. The Bertz CT molecular complexity index is 864. The Labute approximate surface area is 125 Å². The second kappa shape index (κ2) is 5.21. The van der Waals surface area contributed by atoms with E-state index in [-0.39, 0.29) is 0 Å². The van der Waals surface area contributed by atoms with E-state index in [2.05, 4.69) is 30.2 Å². The maximum atomic E-state index is 4.45. The molecule has 0 aliphatic heterocycles. The lowest BCUT2D eigenvalue weighted by Gasteiger charge is -2.00. The molecule has 1 N–H and O–H groups in total. The maximum Gasteiger partial charge on any atom is 0.183 e. The van der Waals surface area contributed by atoms with Crippen molar-refractivity contribution < 1.29 is 0 Å². The molecule has 22 heavy (non-hydrogen) atoms. The molecule has 4 aromatic rings. The summed E-state index contributed by atoms with van der Waals surface area (Å²) in [6.45, 7) is 0. The number of hydrogen-bond donors (Lipinski definition) is 1. The van der Waals surface area contributed by atoms with Crippen LogP contribution in [0.25, 0.3) is 28.7 Å². The second-order valence-corrected chi connectivity index (χ2v) is 4.58. The van der Waals surface area contributed by atoms with Crippen LogP contribution in [0, 0.1) is 0 Å². The van der Waals surface area contributed by atoms with E-state index in [1.165, 1.54) is 0 Å². The molecule has 4 rings (SSSR count). The van der Waals surface area contributed by atoms with Crippen LogP contribution in [0.5, 0.6) is 0 Å². The molecule has 0 radical (unpaired) electrons. The number of hydrogen-bond acceptors (Lipinski definition) is 5. The molecule has 0 aliphatic rings. The van der Waals surface area contributed by atoms with Crippen molar-refractivity contribution in [1.29, 1.82) is 0 Å². The van der Waals surface area contributed by atoms with Crippen molar-refractivity contribution in [3.05, 3.63) is 61.2 Å². The van der Waals surface area contributed by atoms with Gasteiger partial charge in [0.25, 0.3) is 0 Å². The number of H-pyrrole nitrogens is 1. The predicted molar refractivity (Wildman–Crippen MR) is 80.0 cm³/mol. The van der Waals surface area contributed by atoms with Gasteiger partial charge in [0, 0.05) is 30.4 Å². The van der Waals surface area contributed by atoms with Gasteiger partial charge in [0.15, 0.2) is 17.5 Å². The van der Waals surface area contributed by atoms with Gasteiger partial charge in [0.2, 0.25) is 0 Å². The van der Waals surface area contributed by atoms with Crippen LogP contribution in [0.2, 0.25) is 0 Å². The van der Waals surface area contributed by atoms with Crippen LogP contribution >= 0.6 is 0 Å². The molecule has 0 bridgehead atoms. The van der Waals surface area contributed by atoms with Gasteiger partial charge >= 0.3 is 0 Å². The van der Waals surface area contributed by atoms with E-state index in [9.17, 15) is 0 Å². The Hall–Kier alpha value is -3.35. The summed E-state index contributed by atoms with van der Waals surface area (Å²) in [6.07, 6.45) is 7.00. The lowest BCUT2D eigenvalue weighted by molar-refractivity contribution is 0.847. The molecule has 0 fully saturated rings. The van der Waals surface area contributed by atoms with Gasteiger partial charge in [-0.2, -0.15) is 10.2 Å². The first-order valence-electron chi connectivity index (χ1n) is 6.70. The summed E-state index contributed by atoms with van der Waals surface area (Å²) in [5, 5.41) is 11.3. The van der Waals surface area contributed by atoms with Crippen LogP contribution in [0.1, 0.15) is 0 Å². The summed E-state index contributed by atoms with van der Waals surface area (Å²) >= 11 is 0. The molecule has 7 heteroatoms. The van der Waals surface area contributed by atoms with Crippen LogP contribution in [-0.2, 0) is 0 Å². The van der Waals surface area contributed by atoms with Crippen molar-refractivity contribution in [2.24, 2.45) is 0 Å². The smallest absolute Gasteiger partial charge is 0.183 e. The van der Waals surface area contributed by atoms with E-state index < -0.39 is 0 Å². The molecule has 0 spiro atoms. The standard InChI is InChI=1S/C15H11N7/c1-2-7-16-12(4-1)15-19-14(20-21-15)11-5-6-13(17-10-11)22-9-3-8-18-22/h1-10H,(H,19,20,21). The zero-order chi connectivity index (χ0) is 14.8. The molecule has 0 aromatic carbocycles. The first-order valence-corrected chi connectivity index (χ1v) is 6.70. The van der Waals surface area contributed by atoms with E-state index in [0.29, 0.717) is 11.6 Å². The van der Waals surface area contributed by atoms with Crippen LogP contribution < -0.4 is 0 Å². The summed E-state index contributed by atoms with van der Waals surface area (Å²) in [5.74, 6) is 1.96. The third-order valence-electron chi connectivity index (χ3n) is 3.14.